The van der Waals surface area contributed by atoms with Crippen molar-refractivity contribution < 1.29 is 4.79 Å². The van der Waals surface area contributed by atoms with E-state index in [4.69, 9.17) is 0 Å². The van der Waals surface area contributed by atoms with Gasteiger partial charge in [-0.25, -0.2) is 0 Å². The Morgan fingerprint density at radius 2 is 1.61 bits per heavy atom. The summed E-state index contributed by atoms with van der Waals surface area (Å²) < 4.78 is 0. The highest BCUT2D eigenvalue weighted by molar-refractivity contribution is 5.81. The van der Waals surface area contributed by atoms with Gasteiger partial charge >= 0.3 is 0 Å². The van der Waals surface area contributed by atoms with Gasteiger partial charge in [0.15, 0.2) is 0 Å². The van der Waals surface area contributed by atoms with E-state index in [2.05, 4.69) is 59.1 Å². The van der Waals surface area contributed by atoms with Gasteiger partial charge in [-0.1, -0.05) is 34.6 Å². The van der Waals surface area contributed by atoms with Crippen LogP contribution in [0.2, 0.25) is 0 Å². The van der Waals surface area contributed by atoms with Crippen LogP contribution in [0.25, 0.3) is 0 Å². The topological polar surface area (TPSA) is 41.1 Å². The van der Waals surface area contributed by atoms with Crippen molar-refractivity contribution in [1.29, 1.82) is 0 Å². The second-order valence-electron chi connectivity index (χ2n) is 6.97. The Balaban J connectivity index is 4.26. The molecule has 0 aromatic heterocycles. The fraction of sp³-hybridized carbons (Fsp3) is 0.933. The number of rotatable bonds is 7. The van der Waals surface area contributed by atoms with E-state index < -0.39 is 0 Å². The van der Waals surface area contributed by atoms with E-state index in [1.807, 2.05) is 6.92 Å². The normalized spacial score (nSPS) is 14.7. The molecule has 2 N–H and O–H groups in total. The monoisotopic (exact) mass is 256 g/mol. The van der Waals surface area contributed by atoms with Crippen LogP contribution in [-0.2, 0) is 4.79 Å². The molecular weight excluding hydrogens is 224 g/mol. The van der Waals surface area contributed by atoms with E-state index in [0.717, 1.165) is 13.0 Å². The summed E-state index contributed by atoms with van der Waals surface area (Å²) >= 11 is 0. The number of carbonyl (C=O) groups excluding carboxylic acids is 1. The number of nitrogens with one attached hydrogen (secondary N) is 2. The number of hydrogen-bond acceptors (Lipinski definition) is 2. The maximum Gasteiger partial charge on any atom is 0.237 e. The molecule has 1 atom stereocenters. The van der Waals surface area contributed by atoms with Crippen LogP contribution in [0.4, 0.5) is 0 Å². The van der Waals surface area contributed by atoms with Crippen molar-refractivity contribution in [3.63, 3.8) is 0 Å². The van der Waals surface area contributed by atoms with Crippen molar-refractivity contribution in [3.05, 3.63) is 0 Å². The fourth-order valence-corrected chi connectivity index (χ4v) is 1.24. The van der Waals surface area contributed by atoms with E-state index in [0.29, 0.717) is 5.92 Å². The molecule has 1 amide bonds. The number of amides is 1. The average molecular weight is 256 g/mol. The van der Waals surface area contributed by atoms with Crippen molar-refractivity contribution >= 4 is 5.91 Å². The standard InChI is InChI=1S/C15H32N2O/c1-9-15(7,8)17-13(18)12(4)16-10-14(5,6)11(2)3/h11-12,16H,9-10H2,1-8H3,(H,17,18). The Kier molecular flexibility index (Phi) is 6.35. The molecule has 0 spiro atoms. The van der Waals surface area contributed by atoms with E-state index in [1.165, 1.54) is 0 Å². The largest absolute Gasteiger partial charge is 0.350 e. The second-order valence-corrected chi connectivity index (χ2v) is 6.97. The minimum absolute atomic E-state index is 0.0846. The van der Waals surface area contributed by atoms with Crippen molar-refractivity contribution in [2.24, 2.45) is 11.3 Å². The SMILES string of the molecule is CCC(C)(C)NC(=O)C(C)NCC(C)(C)C(C)C. The lowest BCUT2D eigenvalue weighted by Crippen LogP contribution is -2.52. The highest BCUT2D eigenvalue weighted by Gasteiger charge is 2.26. The number of hydrogen-bond donors (Lipinski definition) is 2. The highest BCUT2D eigenvalue weighted by Crippen LogP contribution is 2.24. The predicted molar refractivity (Wildman–Crippen MR) is 78.6 cm³/mol. The Labute approximate surface area is 113 Å². The maximum absolute atomic E-state index is 12.0. The zero-order valence-electron chi connectivity index (χ0n) is 13.5. The van der Waals surface area contributed by atoms with Crippen LogP contribution in [0.15, 0.2) is 0 Å². The van der Waals surface area contributed by atoms with Gasteiger partial charge in [0.2, 0.25) is 5.91 Å². The molecule has 0 aliphatic rings. The van der Waals surface area contributed by atoms with Crippen molar-refractivity contribution in [3.8, 4) is 0 Å². The molecule has 0 fully saturated rings. The summed E-state index contributed by atoms with van der Waals surface area (Å²) in [6.45, 7) is 17.9. The van der Waals surface area contributed by atoms with Crippen LogP contribution in [0.5, 0.6) is 0 Å². The summed E-state index contributed by atoms with van der Waals surface area (Å²) in [4.78, 5) is 12.0. The molecule has 18 heavy (non-hydrogen) atoms. The second kappa shape index (κ2) is 6.55. The van der Waals surface area contributed by atoms with Crippen LogP contribution in [0, 0.1) is 11.3 Å². The van der Waals surface area contributed by atoms with E-state index in [1.54, 1.807) is 0 Å². The highest BCUT2D eigenvalue weighted by atomic mass is 16.2. The van der Waals surface area contributed by atoms with Crippen LogP contribution < -0.4 is 10.6 Å². The molecule has 0 saturated heterocycles. The zero-order chi connectivity index (χ0) is 14.6. The van der Waals surface area contributed by atoms with E-state index in [-0.39, 0.29) is 22.9 Å². The molecule has 0 bridgehead atoms. The predicted octanol–water partition coefficient (Wildman–Crippen LogP) is 2.95. The molecule has 0 rings (SSSR count). The molecule has 3 heteroatoms. The zero-order valence-corrected chi connectivity index (χ0v) is 13.5. The Hall–Kier alpha value is -0.570. The summed E-state index contributed by atoms with van der Waals surface area (Å²) in [6, 6.07) is -0.145. The third-order valence-corrected chi connectivity index (χ3v) is 4.17. The minimum atomic E-state index is -0.145. The Morgan fingerprint density at radius 3 is 2.00 bits per heavy atom. The van der Waals surface area contributed by atoms with Crippen LogP contribution in [0.1, 0.15) is 61.8 Å². The molecule has 1 unspecified atom stereocenters. The maximum atomic E-state index is 12.0. The van der Waals surface area contributed by atoms with Gasteiger partial charge in [-0.15, -0.1) is 0 Å². The van der Waals surface area contributed by atoms with E-state index in [9.17, 15) is 4.79 Å². The van der Waals surface area contributed by atoms with Crippen LogP contribution in [0.3, 0.4) is 0 Å². The molecule has 0 saturated carbocycles. The Morgan fingerprint density at radius 1 is 1.11 bits per heavy atom. The van der Waals surface area contributed by atoms with Gasteiger partial charge in [0, 0.05) is 12.1 Å². The average Bonchev–Trinajstić information content (AvgIpc) is 2.25. The van der Waals surface area contributed by atoms with Gasteiger partial charge in [0.25, 0.3) is 0 Å². The van der Waals surface area contributed by atoms with Gasteiger partial charge in [0.05, 0.1) is 6.04 Å². The van der Waals surface area contributed by atoms with Crippen molar-refractivity contribution in [1.82, 2.24) is 10.6 Å². The van der Waals surface area contributed by atoms with Gasteiger partial charge < -0.3 is 10.6 Å². The minimum Gasteiger partial charge on any atom is -0.350 e. The third-order valence-electron chi connectivity index (χ3n) is 4.17. The summed E-state index contributed by atoms with van der Waals surface area (Å²) in [5.41, 5.74) is 0.0788. The fourth-order valence-electron chi connectivity index (χ4n) is 1.24. The lowest BCUT2D eigenvalue weighted by atomic mass is 9.81. The van der Waals surface area contributed by atoms with Gasteiger partial charge in [-0.2, -0.15) is 0 Å². The van der Waals surface area contributed by atoms with Gasteiger partial charge in [-0.05, 0) is 38.5 Å². The van der Waals surface area contributed by atoms with E-state index >= 15 is 0 Å². The lowest BCUT2D eigenvalue weighted by Gasteiger charge is -2.32. The molecular formula is C15H32N2O. The molecule has 0 aromatic carbocycles. The molecule has 0 aromatic rings. The molecule has 0 aliphatic carbocycles. The summed E-state index contributed by atoms with van der Waals surface area (Å²) in [7, 11) is 0. The summed E-state index contributed by atoms with van der Waals surface area (Å²) in [5.74, 6) is 0.675. The van der Waals surface area contributed by atoms with Gasteiger partial charge in [-0.3, -0.25) is 4.79 Å². The van der Waals surface area contributed by atoms with Crippen molar-refractivity contribution in [2.45, 2.75) is 73.4 Å². The quantitative estimate of drug-likeness (QED) is 0.735. The lowest BCUT2D eigenvalue weighted by molar-refractivity contribution is -0.124. The molecule has 0 heterocycles. The first-order valence-corrected chi connectivity index (χ1v) is 7.07. The van der Waals surface area contributed by atoms with Crippen LogP contribution in [-0.4, -0.2) is 24.0 Å². The van der Waals surface area contributed by atoms with Crippen molar-refractivity contribution in [2.75, 3.05) is 6.54 Å². The summed E-state index contributed by atoms with van der Waals surface area (Å²) in [6.07, 6.45) is 0.933. The van der Waals surface area contributed by atoms with Crippen LogP contribution >= 0.6 is 0 Å². The third kappa shape index (κ3) is 5.85. The first kappa shape index (κ1) is 17.4. The summed E-state index contributed by atoms with van der Waals surface area (Å²) in [5, 5.41) is 6.41. The smallest absolute Gasteiger partial charge is 0.237 e. The molecule has 0 aliphatic heterocycles. The Bertz CT molecular complexity index is 270. The first-order valence-electron chi connectivity index (χ1n) is 7.07. The first-order chi connectivity index (χ1) is 8.02. The van der Waals surface area contributed by atoms with Gasteiger partial charge in [0.1, 0.15) is 0 Å². The molecule has 108 valence electrons. The molecule has 0 radical (unpaired) electrons. The number of carbonyl (C=O) groups is 1. The molecule has 3 nitrogen and oxygen atoms in total.